The zero-order chi connectivity index (χ0) is 16.8. The smallest absolute Gasteiger partial charge is 0.287 e. The molecule has 2 aromatic carbocycles. The monoisotopic (exact) mass is 325 g/mol. The molecule has 0 saturated carbocycles. The van der Waals surface area contributed by atoms with Gasteiger partial charge >= 0.3 is 0 Å². The highest BCUT2D eigenvalue weighted by atomic mass is 16.5. The van der Waals surface area contributed by atoms with Crippen LogP contribution in [0.25, 0.3) is 11.0 Å². The molecule has 0 unspecified atom stereocenters. The average molecular weight is 325 g/mol. The summed E-state index contributed by atoms with van der Waals surface area (Å²) in [6.45, 7) is 1.09. The van der Waals surface area contributed by atoms with Crippen LogP contribution in [-0.2, 0) is 11.3 Å². The summed E-state index contributed by atoms with van der Waals surface area (Å²) < 4.78 is 16.5. The maximum absolute atomic E-state index is 12.4. The number of hydrogen-bond acceptors (Lipinski definition) is 4. The summed E-state index contributed by atoms with van der Waals surface area (Å²) in [7, 11) is 1.59. The number of methoxy groups -OCH3 is 1. The number of hydrogen-bond donors (Lipinski definition) is 1. The Morgan fingerprint density at radius 2 is 1.83 bits per heavy atom. The summed E-state index contributed by atoms with van der Waals surface area (Å²) in [5.74, 6) is 0.795. The lowest BCUT2D eigenvalue weighted by Gasteiger charge is -2.07. The van der Waals surface area contributed by atoms with Crippen molar-refractivity contribution in [2.75, 3.05) is 20.3 Å². The highest BCUT2D eigenvalue weighted by molar-refractivity contribution is 5.99. The number of para-hydroxylation sites is 2. The van der Waals surface area contributed by atoms with Crippen LogP contribution in [0, 0.1) is 0 Å². The molecular formula is C19H19NO4. The van der Waals surface area contributed by atoms with Gasteiger partial charge in [-0.25, -0.2) is 0 Å². The standard InChI is InChI=1S/C19H19NO4/c1-22-13-16-15-9-5-6-10-17(15)24-18(16)19(21)20-11-12-23-14-7-3-2-4-8-14/h2-10H,11-13H2,1H3,(H,20,21). The van der Waals surface area contributed by atoms with Gasteiger partial charge in [-0.2, -0.15) is 0 Å². The van der Waals surface area contributed by atoms with Crippen molar-refractivity contribution < 1.29 is 18.7 Å². The number of ether oxygens (including phenoxy) is 2. The lowest BCUT2D eigenvalue weighted by atomic mass is 10.1. The predicted molar refractivity (Wildman–Crippen MR) is 91.2 cm³/mol. The van der Waals surface area contributed by atoms with Gasteiger partial charge in [0.1, 0.15) is 17.9 Å². The third-order valence-electron chi connectivity index (χ3n) is 3.59. The Morgan fingerprint density at radius 3 is 2.62 bits per heavy atom. The van der Waals surface area contributed by atoms with Crippen LogP contribution in [0.2, 0.25) is 0 Å². The molecule has 1 heterocycles. The van der Waals surface area contributed by atoms with E-state index < -0.39 is 0 Å². The first-order valence-electron chi connectivity index (χ1n) is 7.75. The highest BCUT2D eigenvalue weighted by Gasteiger charge is 2.19. The molecule has 0 atom stereocenters. The number of benzene rings is 2. The first-order chi connectivity index (χ1) is 11.8. The topological polar surface area (TPSA) is 60.7 Å². The molecule has 3 rings (SSSR count). The van der Waals surface area contributed by atoms with E-state index in [2.05, 4.69) is 5.32 Å². The van der Waals surface area contributed by atoms with Gasteiger partial charge in [0, 0.05) is 18.1 Å². The van der Waals surface area contributed by atoms with Gasteiger partial charge in [-0.05, 0) is 18.2 Å². The Labute approximate surface area is 140 Å². The van der Waals surface area contributed by atoms with Gasteiger partial charge in [0.05, 0.1) is 13.2 Å². The molecular weight excluding hydrogens is 306 g/mol. The number of rotatable bonds is 7. The molecule has 124 valence electrons. The molecule has 3 aromatic rings. The maximum atomic E-state index is 12.4. The Hall–Kier alpha value is -2.79. The minimum Gasteiger partial charge on any atom is -0.492 e. The molecule has 0 bridgehead atoms. The average Bonchev–Trinajstić information content (AvgIpc) is 2.99. The minimum atomic E-state index is -0.269. The van der Waals surface area contributed by atoms with Gasteiger partial charge in [0.15, 0.2) is 5.76 Å². The van der Waals surface area contributed by atoms with Crippen molar-refractivity contribution >= 4 is 16.9 Å². The van der Waals surface area contributed by atoms with E-state index in [1.54, 1.807) is 7.11 Å². The Balaban J connectivity index is 1.64. The molecule has 0 spiro atoms. The summed E-state index contributed by atoms with van der Waals surface area (Å²) in [5, 5.41) is 3.71. The highest BCUT2D eigenvalue weighted by Crippen LogP contribution is 2.26. The number of amides is 1. The number of furan rings is 1. The van der Waals surface area contributed by atoms with Gasteiger partial charge in [-0.1, -0.05) is 36.4 Å². The molecule has 1 N–H and O–H groups in total. The second-order valence-corrected chi connectivity index (χ2v) is 5.26. The van der Waals surface area contributed by atoms with E-state index in [0.717, 1.165) is 16.7 Å². The normalized spacial score (nSPS) is 10.7. The van der Waals surface area contributed by atoms with E-state index >= 15 is 0 Å². The van der Waals surface area contributed by atoms with Crippen molar-refractivity contribution in [3.05, 3.63) is 65.9 Å². The Morgan fingerprint density at radius 1 is 1.08 bits per heavy atom. The molecule has 5 nitrogen and oxygen atoms in total. The molecule has 0 aliphatic carbocycles. The van der Waals surface area contributed by atoms with Crippen LogP contribution >= 0.6 is 0 Å². The van der Waals surface area contributed by atoms with Crippen LogP contribution in [-0.4, -0.2) is 26.2 Å². The van der Waals surface area contributed by atoms with E-state index in [0.29, 0.717) is 25.3 Å². The van der Waals surface area contributed by atoms with Gasteiger partial charge in [0.2, 0.25) is 0 Å². The van der Waals surface area contributed by atoms with Crippen molar-refractivity contribution in [3.8, 4) is 5.75 Å². The second-order valence-electron chi connectivity index (χ2n) is 5.26. The molecule has 0 radical (unpaired) electrons. The van der Waals surface area contributed by atoms with Crippen molar-refractivity contribution in [1.82, 2.24) is 5.32 Å². The number of nitrogens with one attached hydrogen (secondary N) is 1. The van der Waals surface area contributed by atoms with E-state index in [9.17, 15) is 4.79 Å². The third-order valence-corrected chi connectivity index (χ3v) is 3.59. The van der Waals surface area contributed by atoms with Gasteiger partial charge in [0.25, 0.3) is 5.91 Å². The van der Waals surface area contributed by atoms with Crippen molar-refractivity contribution in [2.45, 2.75) is 6.61 Å². The number of carbonyl (C=O) groups is 1. The fourth-order valence-electron chi connectivity index (χ4n) is 2.50. The molecule has 0 aliphatic rings. The van der Waals surface area contributed by atoms with Gasteiger partial charge in [-0.3, -0.25) is 4.79 Å². The summed E-state index contributed by atoms with van der Waals surface area (Å²) in [4.78, 5) is 12.4. The summed E-state index contributed by atoms with van der Waals surface area (Å²) in [5.41, 5.74) is 1.44. The van der Waals surface area contributed by atoms with Crippen LogP contribution in [0.1, 0.15) is 16.1 Å². The molecule has 5 heteroatoms. The van der Waals surface area contributed by atoms with Gasteiger partial charge < -0.3 is 19.2 Å². The van der Waals surface area contributed by atoms with Crippen LogP contribution in [0.4, 0.5) is 0 Å². The van der Waals surface area contributed by atoms with E-state index in [-0.39, 0.29) is 11.7 Å². The molecule has 0 fully saturated rings. The summed E-state index contributed by atoms with van der Waals surface area (Å²) in [6.07, 6.45) is 0. The predicted octanol–water partition coefficient (Wildman–Crippen LogP) is 3.39. The second kappa shape index (κ2) is 7.66. The molecule has 1 aromatic heterocycles. The van der Waals surface area contributed by atoms with E-state index in [1.165, 1.54) is 0 Å². The molecule has 1 amide bonds. The van der Waals surface area contributed by atoms with Gasteiger partial charge in [-0.15, -0.1) is 0 Å². The largest absolute Gasteiger partial charge is 0.492 e. The summed E-state index contributed by atoms with van der Waals surface area (Å²) in [6, 6.07) is 17.0. The lowest BCUT2D eigenvalue weighted by molar-refractivity contribution is 0.0915. The van der Waals surface area contributed by atoms with E-state index in [1.807, 2.05) is 54.6 Å². The Kier molecular flexibility index (Phi) is 5.13. The van der Waals surface area contributed by atoms with Crippen LogP contribution in [0.3, 0.4) is 0 Å². The number of fused-ring (bicyclic) bond motifs is 1. The minimum absolute atomic E-state index is 0.269. The fourth-order valence-corrected chi connectivity index (χ4v) is 2.50. The summed E-state index contributed by atoms with van der Waals surface area (Å²) >= 11 is 0. The zero-order valence-corrected chi connectivity index (χ0v) is 13.5. The van der Waals surface area contributed by atoms with Crippen molar-refractivity contribution in [1.29, 1.82) is 0 Å². The van der Waals surface area contributed by atoms with Crippen molar-refractivity contribution in [3.63, 3.8) is 0 Å². The first kappa shape index (κ1) is 16.1. The van der Waals surface area contributed by atoms with Crippen LogP contribution in [0.15, 0.2) is 59.0 Å². The fraction of sp³-hybridized carbons (Fsp3) is 0.211. The quantitative estimate of drug-likeness (QED) is 0.677. The molecule has 0 saturated heterocycles. The lowest BCUT2D eigenvalue weighted by Crippen LogP contribution is -2.28. The number of carbonyl (C=O) groups excluding carboxylic acids is 1. The van der Waals surface area contributed by atoms with Crippen LogP contribution in [0.5, 0.6) is 5.75 Å². The SMILES string of the molecule is COCc1c(C(=O)NCCOc2ccccc2)oc2ccccc12. The maximum Gasteiger partial charge on any atom is 0.287 e. The zero-order valence-electron chi connectivity index (χ0n) is 13.5. The first-order valence-corrected chi connectivity index (χ1v) is 7.75. The third kappa shape index (κ3) is 3.58. The van der Waals surface area contributed by atoms with Crippen molar-refractivity contribution in [2.24, 2.45) is 0 Å². The molecule has 24 heavy (non-hydrogen) atoms. The van der Waals surface area contributed by atoms with E-state index in [4.69, 9.17) is 13.9 Å². The Bertz CT molecular complexity index is 811. The molecule has 0 aliphatic heterocycles. The van der Waals surface area contributed by atoms with Crippen LogP contribution < -0.4 is 10.1 Å².